The average molecular weight is 318 g/mol. The van der Waals surface area contributed by atoms with E-state index in [2.05, 4.69) is 15.9 Å². The molecule has 0 aliphatic rings. The summed E-state index contributed by atoms with van der Waals surface area (Å²) in [6, 6.07) is 4.41. The van der Waals surface area contributed by atoms with Gasteiger partial charge in [-0.15, -0.1) is 0 Å². The first-order chi connectivity index (χ1) is 8.60. The zero-order valence-corrected chi connectivity index (χ0v) is 12.2. The predicted octanol–water partition coefficient (Wildman–Crippen LogP) is 2.62. The molecule has 0 N–H and O–H groups in total. The Bertz CT molecular complexity index is 412. The lowest BCUT2D eigenvalue weighted by Gasteiger charge is -2.21. The van der Waals surface area contributed by atoms with Crippen LogP contribution in [0.1, 0.15) is 15.9 Å². The van der Waals surface area contributed by atoms with Crippen LogP contribution in [0.15, 0.2) is 18.2 Å². The average Bonchev–Trinajstić information content (AvgIpc) is 2.37. The van der Waals surface area contributed by atoms with Gasteiger partial charge in [-0.2, -0.15) is 0 Å². The molecule has 0 atom stereocenters. The van der Waals surface area contributed by atoms with Gasteiger partial charge in [-0.25, -0.2) is 4.39 Å². The molecule has 100 valence electrons. The largest absolute Gasteiger partial charge is 0.383 e. The van der Waals surface area contributed by atoms with E-state index in [1.54, 1.807) is 25.0 Å². The van der Waals surface area contributed by atoms with Crippen LogP contribution < -0.4 is 0 Å². The molecule has 0 spiro atoms. The minimum Gasteiger partial charge on any atom is -0.383 e. The van der Waals surface area contributed by atoms with Gasteiger partial charge in [-0.1, -0.05) is 15.9 Å². The van der Waals surface area contributed by atoms with Crippen LogP contribution in [0, 0.1) is 12.7 Å². The molecule has 1 rings (SSSR count). The number of nitrogens with zero attached hydrogens (tertiary/aromatic N) is 1. The van der Waals surface area contributed by atoms with E-state index in [0.717, 1.165) is 0 Å². The molecule has 0 radical (unpaired) electrons. The fourth-order valence-electron chi connectivity index (χ4n) is 1.58. The smallest absolute Gasteiger partial charge is 0.253 e. The summed E-state index contributed by atoms with van der Waals surface area (Å²) in [5.41, 5.74) is 0.984. The second-order valence-electron chi connectivity index (χ2n) is 3.94. The van der Waals surface area contributed by atoms with Gasteiger partial charge in [0.2, 0.25) is 0 Å². The minimum absolute atomic E-state index is 0.102. The molecule has 1 aromatic rings. The third-order valence-corrected chi connectivity index (χ3v) is 2.97. The van der Waals surface area contributed by atoms with Crippen molar-refractivity contribution in [2.45, 2.75) is 6.92 Å². The first kappa shape index (κ1) is 15.1. The molecule has 3 nitrogen and oxygen atoms in total. The van der Waals surface area contributed by atoms with E-state index < -0.39 is 0 Å². The number of ether oxygens (including phenoxy) is 1. The molecule has 0 bridgehead atoms. The number of alkyl halides is 1. The first-order valence-corrected chi connectivity index (χ1v) is 6.82. The van der Waals surface area contributed by atoms with Gasteiger partial charge in [0.15, 0.2) is 0 Å². The van der Waals surface area contributed by atoms with Crippen molar-refractivity contribution in [2.75, 3.05) is 32.1 Å². The maximum atomic E-state index is 13.2. The summed E-state index contributed by atoms with van der Waals surface area (Å²) in [5.74, 6) is -0.398. The lowest BCUT2D eigenvalue weighted by Crippen LogP contribution is -2.35. The molecule has 0 aliphatic carbocycles. The lowest BCUT2D eigenvalue weighted by molar-refractivity contribution is 0.0709. The number of benzene rings is 1. The van der Waals surface area contributed by atoms with Gasteiger partial charge < -0.3 is 9.64 Å². The predicted molar refractivity (Wildman–Crippen MR) is 72.7 cm³/mol. The number of rotatable bonds is 6. The van der Waals surface area contributed by atoms with Gasteiger partial charge in [0.25, 0.3) is 5.91 Å². The Morgan fingerprint density at radius 1 is 1.44 bits per heavy atom. The molecular formula is C13H17BrFNO2. The summed E-state index contributed by atoms with van der Waals surface area (Å²) in [5, 5.41) is 0.697. The molecule has 0 saturated heterocycles. The maximum Gasteiger partial charge on any atom is 0.253 e. The number of methoxy groups -OCH3 is 1. The maximum absolute atomic E-state index is 13.2. The van der Waals surface area contributed by atoms with E-state index in [-0.39, 0.29) is 11.7 Å². The number of aryl methyl sites for hydroxylation is 1. The van der Waals surface area contributed by atoms with Gasteiger partial charge in [0, 0.05) is 31.1 Å². The molecule has 1 amide bonds. The third-order valence-electron chi connectivity index (χ3n) is 2.61. The number of hydrogen-bond donors (Lipinski definition) is 0. The van der Waals surface area contributed by atoms with E-state index >= 15 is 0 Å². The highest BCUT2D eigenvalue weighted by Crippen LogP contribution is 2.11. The number of hydrogen-bond acceptors (Lipinski definition) is 2. The van der Waals surface area contributed by atoms with Gasteiger partial charge in [0.1, 0.15) is 5.82 Å². The third kappa shape index (κ3) is 4.07. The monoisotopic (exact) mass is 317 g/mol. The summed E-state index contributed by atoms with van der Waals surface area (Å²) >= 11 is 3.31. The lowest BCUT2D eigenvalue weighted by atomic mass is 10.1. The second-order valence-corrected chi connectivity index (χ2v) is 4.73. The van der Waals surface area contributed by atoms with Crippen LogP contribution in [0.2, 0.25) is 0 Å². The Kier molecular flexibility index (Phi) is 6.29. The van der Waals surface area contributed by atoms with Crippen LogP contribution in [0.25, 0.3) is 0 Å². The van der Waals surface area contributed by atoms with E-state index in [9.17, 15) is 9.18 Å². The van der Waals surface area contributed by atoms with Crippen molar-refractivity contribution in [3.8, 4) is 0 Å². The Labute approximate surface area is 115 Å². The normalized spacial score (nSPS) is 10.4. The Balaban J connectivity index is 2.83. The van der Waals surface area contributed by atoms with Crippen LogP contribution >= 0.6 is 15.9 Å². The molecule has 1 aromatic carbocycles. The highest BCUT2D eigenvalue weighted by molar-refractivity contribution is 9.09. The number of carbonyl (C=O) groups is 1. The number of amides is 1. The Morgan fingerprint density at radius 2 is 2.17 bits per heavy atom. The van der Waals surface area contributed by atoms with Crippen molar-refractivity contribution >= 4 is 21.8 Å². The molecular weight excluding hydrogens is 301 g/mol. The van der Waals surface area contributed by atoms with Gasteiger partial charge in [-0.3, -0.25) is 4.79 Å². The van der Waals surface area contributed by atoms with Gasteiger partial charge >= 0.3 is 0 Å². The van der Waals surface area contributed by atoms with E-state index in [0.29, 0.717) is 36.2 Å². The summed E-state index contributed by atoms with van der Waals surface area (Å²) in [7, 11) is 1.60. The van der Waals surface area contributed by atoms with Crippen molar-refractivity contribution in [3.63, 3.8) is 0 Å². The number of carbonyl (C=O) groups excluding carboxylic acids is 1. The molecule has 0 fully saturated rings. The molecule has 18 heavy (non-hydrogen) atoms. The summed E-state index contributed by atoms with van der Waals surface area (Å²) in [6.07, 6.45) is 0. The fraction of sp³-hybridized carbons (Fsp3) is 0.462. The molecule has 0 unspecified atom stereocenters. The zero-order chi connectivity index (χ0) is 13.5. The van der Waals surface area contributed by atoms with E-state index in [1.807, 2.05) is 0 Å². The molecule has 5 heteroatoms. The summed E-state index contributed by atoms with van der Waals surface area (Å²) in [4.78, 5) is 13.9. The standard InChI is InChI=1S/C13H17BrFNO2/c1-10-9-11(3-4-12(10)15)13(17)16(6-5-14)7-8-18-2/h3-4,9H,5-8H2,1-2H3. The summed E-state index contributed by atoms with van der Waals surface area (Å²) < 4.78 is 18.1. The van der Waals surface area contributed by atoms with Crippen LogP contribution in [0.3, 0.4) is 0 Å². The van der Waals surface area contributed by atoms with Crippen molar-refractivity contribution < 1.29 is 13.9 Å². The zero-order valence-electron chi connectivity index (χ0n) is 10.6. The Morgan fingerprint density at radius 3 is 2.72 bits per heavy atom. The molecule has 0 heterocycles. The van der Waals surface area contributed by atoms with Crippen molar-refractivity contribution in [1.82, 2.24) is 4.90 Å². The quantitative estimate of drug-likeness (QED) is 0.755. The number of halogens is 2. The summed E-state index contributed by atoms with van der Waals surface area (Å²) in [6.45, 7) is 3.25. The second kappa shape index (κ2) is 7.48. The first-order valence-electron chi connectivity index (χ1n) is 5.70. The fourth-order valence-corrected chi connectivity index (χ4v) is 2.01. The minimum atomic E-state index is -0.296. The molecule has 0 saturated carbocycles. The van der Waals surface area contributed by atoms with Crippen molar-refractivity contribution in [1.29, 1.82) is 0 Å². The van der Waals surface area contributed by atoms with Crippen molar-refractivity contribution in [2.24, 2.45) is 0 Å². The molecule has 0 aromatic heterocycles. The molecule has 0 aliphatic heterocycles. The van der Waals surface area contributed by atoms with E-state index in [1.165, 1.54) is 12.1 Å². The SMILES string of the molecule is COCCN(CCBr)C(=O)c1ccc(F)c(C)c1. The van der Waals surface area contributed by atoms with E-state index in [4.69, 9.17) is 4.74 Å². The van der Waals surface area contributed by atoms with Crippen LogP contribution in [0.5, 0.6) is 0 Å². The Hall–Kier alpha value is -0.940. The highest BCUT2D eigenvalue weighted by Gasteiger charge is 2.15. The highest BCUT2D eigenvalue weighted by atomic mass is 79.9. The van der Waals surface area contributed by atoms with Crippen molar-refractivity contribution in [3.05, 3.63) is 35.1 Å². The van der Waals surface area contributed by atoms with Crippen LogP contribution in [-0.2, 0) is 4.74 Å². The van der Waals surface area contributed by atoms with Crippen LogP contribution in [0.4, 0.5) is 4.39 Å². The van der Waals surface area contributed by atoms with Crippen LogP contribution in [-0.4, -0.2) is 42.9 Å². The van der Waals surface area contributed by atoms with Gasteiger partial charge in [-0.05, 0) is 30.7 Å². The topological polar surface area (TPSA) is 29.5 Å². The van der Waals surface area contributed by atoms with Gasteiger partial charge in [0.05, 0.1) is 6.61 Å².